The third kappa shape index (κ3) is 70.8. The predicted octanol–water partition coefficient (Wildman–Crippen LogP) is 21.4. The van der Waals surface area contributed by atoms with Crippen LogP contribution in [0.1, 0.15) is 259 Å². The lowest BCUT2D eigenvalue weighted by Crippen LogP contribution is -2.30. The van der Waals surface area contributed by atoms with E-state index in [0.29, 0.717) is 32.1 Å². The van der Waals surface area contributed by atoms with Crippen molar-refractivity contribution in [3.8, 4) is 0 Å². The molecule has 0 aliphatic carbocycles. The Hall–Kier alpha value is -5.58. The fourth-order valence-electron chi connectivity index (χ4n) is 9.14. The minimum absolute atomic E-state index is 0.0568. The Morgan fingerprint density at radius 2 is 0.570 bits per heavy atom. The summed E-state index contributed by atoms with van der Waals surface area (Å²) in [6.45, 7) is 4.27. The van der Waals surface area contributed by atoms with Gasteiger partial charge < -0.3 is 33.8 Å². The summed E-state index contributed by atoms with van der Waals surface area (Å²) in [4.78, 5) is 72.7. The summed E-state index contributed by atoms with van der Waals surface area (Å²) in [7, 11) is -10.0. The first kappa shape index (κ1) is 94.4. The molecule has 0 amide bonds. The second-order valence-corrected chi connectivity index (χ2v) is 27.0. The Bertz CT molecular complexity index is 2570. The Morgan fingerprint density at radius 1 is 0.300 bits per heavy atom. The Kier molecular flexibility index (Phi) is 67.8. The highest BCUT2D eigenvalue weighted by atomic mass is 31.2. The molecule has 0 radical (unpaired) electrons. The molecule has 0 fully saturated rings. The first-order valence-corrected chi connectivity index (χ1v) is 40.4. The number of hydrogen-bond acceptors (Lipinski definition) is 15. The van der Waals surface area contributed by atoms with Crippen LogP contribution in [0.15, 0.2) is 170 Å². The highest BCUT2D eigenvalue weighted by molar-refractivity contribution is 7.47. The van der Waals surface area contributed by atoms with Crippen molar-refractivity contribution >= 4 is 39.5 Å². The van der Waals surface area contributed by atoms with Gasteiger partial charge in [-0.25, -0.2) is 9.13 Å². The molecule has 0 heterocycles. The van der Waals surface area contributed by atoms with E-state index in [2.05, 4.69) is 161 Å². The number of allylic oxidation sites excluding steroid dienone is 27. The van der Waals surface area contributed by atoms with Crippen LogP contribution in [0.4, 0.5) is 0 Å². The highest BCUT2D eigenvalue weighted by Gasteiger charge is 2.30. The van der Waals surface area contributed by atoms with Crippen LogP contribution in [0.5, 0.6) is 0 Å². The van der Waals surface area contributed by atoms with Crippen molar-refractivity contribution in [2.24, 2.45) is 0 Å². The summed E-state index contributed by atoms with van der Waals surface area (Å²) in [6.07, 6.45) is 84.0. The van der Waals surface area contributed by atoms with E-state index in [0.717, 1.165) is 122 Å². The molecule has 0 bridgehead atoms. The molecule has 19 heteroatoms. The number of esters is 4. The van der Waals surface area contributed by atoms with Gasteiger partial charge in [0.05, 0.1) is 32.8 Å². The van der Waals surface area contributed by atoms with Crippen LogP contribution in [-0.2, 0) is 65.4 Å². The van der Waals surface area contributed by atoms with Gasteiger partial charge in [0.1, 0.15) is 19.3 Å². The van der Waals surface area contributed by atoms with Gasteiger partial charge in [-0.2, -0.15) is 0 Å². The molecular formula is C81H130O17P2. The van der Waals surface area contributed by atoms with Crippen LogP contribution in [0.3, 0.4) is 0 Å². The molecule has 0 aliphatic heterocycles. The molecule has 5 unspecified atom stereocenters. The third-order valence-electron chi connectivity index (χ3n) is 14.7. The second-order valence-electron chi connectivity index (χ2n) is 24.1. The van der Waals surface area contributed by atoms with Gasteiger partial charge in [-0.1, -0.05) is 275 Å². The van der Waals surface area contributed by atoms with Crippen molar-refractivity contribution in [2.45, 2.75) is 277 Å². The fraction of sp³-hybridized carbons (Fsp3) is 0.605. The molecule has 17 nitrogen and oxygen atoms in total. The average molecular weight is 1440 g/mol. The summed E-state index contributed by atoms with van der Waals surface area (Å²) in [5.41, 5.74) is 0. The number of phosphoric acid groups is 2. The summed E-state index contributed by atoms with van der Waals surface area (Å²) >= 11 is 0. The molecule has 3 N–H and O–H groups in total. The summed E-state index contributed by atoms with van der Waals surface area (Å²) in [5, 5.41) is 10.6. The van der Waals surface area contributed by atoms with E-state index >= 15 is 0 Å². The van der Waals surface area contributed by atoms with Crippen LogP contribution in [-0.4, -0.2) is 96.7 Å². The van der Waals surface area contributed by atoms with Gasteiger partial charge in [-0.15, -0.1) is 0 Å². The summed E-state index contributed by atoms with van der Waals surface area (Å²) in [5.74, 6) is -2.45. The molecule has 0 spiro atoms. The quantitative estimate of drug-likeness (QED) is 0.0169. The van der Waals surface area contributed by atoms with Gasteiger partial charge in [0.25, 0.3) is 0 Å². The number of hydrogen-bond donors (Lipinski definition) is 3. The van der Waals surface area contributed by atoms with Crippen molar-refractivity contribution in [1.82, 2.24) is 0 Å². The number of phosphoric ester groups is 2. The van der Waals surface area contributed by atoms with Crippen LogP contribution < -0.4 is 0 Å². The number of ether oxygens (including phenoxy) is 4. The van der Waals surface area contributed by atoms with Crippen molar-refractivity contribution in [2.75, 3.05) is 39.6 Å². The maximum absolute atomic E-state index is 13.1. The van der Waals surface area contributed by atoms with E-state index in [1.54, 1.807) is 12.2 Å². The maximum Gasteiger partial charge on any atom is 0.472 e. The topological polar surface area (TPSA) is 237 Å². The lowest BCUT2D eigenvalue weighted by molar-refractivity contribution is -0.161. The second kappa shape index (κ2) is 71.8. The zero-order valence-electron chi connectivity index (χ0n) is 61.5. The van der Waals surface area contributed by atoms with Crippen LogP contribution in [0, 0.1) is 0 Å². The zero-order chi connectivity index (χ0) is 73.2. The Balaban J connectivity index is 5.52. The van der Waals surface area contributed by atoms with Crippen molar-refractivity contribution in [1.29, 1.82) is 0 Å². The van der Waals surface area contributed by atoms with Gasteiger partial charge in [-0.3, -0.25) is 37.3 Å². The van der Waals surface area contributed by atoms with Gasteiger partial charge in [0.2, 0.25) is 0 Å². The van der Waals surface area contributed by atoms with Gasteiger partial charge in [0, 0.05) is 19.3 Å². The molecule has 100 heavy (non-hydrogen) atoms. The zero-order valence-corrected chi connectivity index (χ0v) is 63.3. The van der Waals surface area contributed by atoms with Crippen molar-refractivity contribution in [3.63, 3.8) is 0 Å². The summed E-state index contributed by atoms with van der Waals surface area (Å²) in [6, 6.07) is 0. The van der Waals surface area contributed by atoms with Crippen LogP contribution in [0.25, 0.3) is 0 Å². The van der Waals surface area contributed by atoms with Gasteiger partial charge >= 0.3 is 39.5 Å². The molecular weight excluding hydrogens is 1310 g/mol. The maximum atomic E-state index is 13.1. The summed E-state index contributed by atoms with van der Waals surface area (Å²) < 4.78 is 68.2. The van der Waals surface area contributed by atoms with Crippen LogP contribution >= 0.6 is 15.6 Å². The van der Waals surface area contributed by atoms with E-state index in [4.69, 9.17) is 37.0 Å². The van der Waals surface area contributed by atoms with E-state index in [-0.39, 0.29) is 25.7 Å². The van der Waals surface area contributed by atoms with Crippen molar-refractivity contribution in [3.05, 3.63) is 170 Å². The molecule has 0 aromatic carbocycles. The Labute approximate surface area is 603 Å². The Morgan fingerprint density at radius 3 is 0.930 bits per heavy atom. The average Bonchev–Trinajstić information content (AvgIpc) is 1.06. The van der Waals surface area contributed by atoms with Gasteiger partial charge in [0.15, 0.2) is 12.2 Å². The third-order valence-corrected chi connectivity index (χ3v) is 16.6. The predicted molar refractivity (Wildman–Crippen MR) is 408 cm³/mol. The monoisotopic (exact) mass is 1440 g/mol. The molecule has 0 aromatic rings. The number of aliphatic hydroxyl groups excluding tert-OH is 1. The molecule has 0 aromatic heterocycles. The normalized spacial score (nSPS) is 14.9. The SMILES string of the molecule is CC/C=C\C/C=C\C/C=C\C/C=C\C/C=C\CCCC(=O)OCC(COP(=O)(O)OCC(O)COP(=O)(O)OCC(COC(=O)CCCC/C=C\C/C=C\C/C=C\C/C=C\CC)OC(=O)CCCCCCCCCCCCCCC)OC(=O)C/C=C\C/C=C\C/C=C\C/C=C\C/C=C\CC. The fourth-order valence-corrected chi connectivity index (χ4v) is 10.7. The van der Waals surface area contributed by atoms with E-state index < -0.39 is 97.5 Å². The van der Waals surface area contributed by atoms with Gasteiger partial charge in [-0.05, 0) is 128 Å². The smallest absolute Gasteiger partial charge is 0.462 e. The molecule has 0 saturated carbocycles. The molecule has 5 atom stereocenters. The minimum Gasteiger partial charge on any atom is -0.462 e. The number of aliphatic hydroxyl groups is 1. The van der Waals surface area contributed by atoms with Crippen molar-refractivity contribution < 1.29 is 80.2 Å². The molecule has 0 saturated heterocycles. The van der Waals surface area contributed by atoms with E-state index in [1.165, 1.54) is 51.4 Å². The largest absolute Gasteiger partial charge is 0.472 e. The lowest BCUT2D eigenvalue weighted by Gasteiger charge is -2.21. The standard InChI is InChI=1S/C81H130O17P2/c1-5-9-13-17-21-25-29-33-36-37-40-43-46-50-54-58-62-66-79(84)92-72-77(98-81(86)68-64-60-56-52-48-44-39-35-31-27-23-19-15-11-7-3)74-96-100(89,90)94-70-75(82)69-93-99(87,88)95-73-76(97-80(85)67-63-59-55-51-47-41-32-28-24-20-16-12-8-4)71-91-78(83)65-61-57-53-49-45-42-38-34-30-26-22-18-14-10-6-2/h9-11,13-15,21-23,25-27,33-36,38-40,43,45,48-50,52,54,60,64,75-77,82H,5-8,12,16-20,24,28-32,37,41-42,44,46-47,51,53,55-59,61-63,65-74H2,1-4H3,(H,87,88)(H,89,90)/b13-9-,14-10-,15-11-,25-21-,26-22-,27-23-,36-33-,38-34-,39-35-,43-40-,49-45-,52-48-,54-50-,64-60-. The first-order valence-electron chi connectivity index (χ1n) is 37.4. The number of unbranched alkanes of at least 4 members (excludes halogenated alkanes) is 15. The van der Waals surface area contributed by atoms with Crippen LogP contribution in [0.2, 0.25) is 0 Å². The van der Waals surface area contributed by atoms with E-state index in [1.807, 2.05) is 24.3 Å². The highest BCUT2D eigenvalue weighted by Crippen LogP contribution is 2.45. The minimum atomic E-state index is -5.02. The molecule has 0 rings (SSSR count). The number of carbonyl (C=O) groups is 4. The molecule has 0 aliphatic rings. The van der Waals surface area contributed by atoms with E-state index in [9.17, 15) is 43.2 Å². The molecule has 566 valence electrons. The first-order chi connectivity index (χ1) is 48.7. The lowest BCUT2D eigenvalue weighted by atomic mass is 10.0. The number of rotatable bonds is 68. The number of carbonyl (C=O) groups excluding carboxylic acids is 4.